The van der Waals surface area contributed by atoms with Crippen LogP contribution in [0.15, 0.2) is 47.5 Å². The van der Waals surface area contributed by atoms with Crippen molar-refractivity contribution in [1.82, 2.24) is 5.32 Å². The second kappa shape index (κ2) is 4.94. The summed E-state index contributed by atoms with van der Waals surface area (Å²) in [5.41, 5.74) is 0. The van der Waals surface area contributed by atoms with Crippen LogP contribution in [0.2, 0.25) is 0 Å². The maximum Gasteiger partial charge on any atom is 0.000460 e. The summed E-state index contributed by atoms with van der Waals surface area (Å²) in [5, 5.41) is 7.03. The summed E-state index contributed by atoms with van der Waals surface area (Å²) >= 11 is 1.66. The molecule has 1 rings (SSSR count). The first-order valence-electron chi connectivity index (χ1n) is 3.05. The Hall–Kier alpha value is -0.890. The van der Waals surface area contributed by atoms with Crippen molar-refractivity contribution in [3.8, 4) is 0 Å². The highest BCUT2D eigenvalue weighted by Crippen LogP contribution is 2.03. The number of rotatable bonds is 0. The van der Waals surface area contributed by atoms with Gasteiger partial charge in [0.2, 0.25) is 0 Å². The average Bonchev–Trinajstić information content (AvgIpc) is 2.01. The van der Waals surface area contributed by atoms with E-state index in [0.717, 1.165) is 0 Å². The third kappa shape index (κ3) is 3.20. The molecule has 0 amide bonds. The maximum atomic E-state index is 2.98. The third-order valence-corrected chi connectivity index (χ3v) is 1.55. The molecule has 2 heteroatoms. The van der Waals surface area contributed by atoms with Gasteiger partial charge in [-0.25, -0.2) is 0 Å². The zero-order chi connectivity index (χ0) is 7.07. The van der Waals surface area contributed by atoms with E-state index in [1.807, 2.05) is 47.5 Å². The minimum absolute atomic E-state index is 1.66. The molecule has 0 aliphatic carbocycles. The lowest BCUT2D eigenvalue weighted by Gasteiger charge is -1.87. The number of allylic oxidation sites excluding steroid dienone is 4. The number of thioether (sulfide) groups is 1. The first-order chi connectivity index (χ1) is 5.00. The van der Waals surface area contributed by atoms with Crippen molar-refractivity contribution in [3.63, 3.8) is 0 Å². The van der Waals surface area contributed by atoms with Crippen molar-refractivity contribution < 1.29 is 0 Å². The Balaban J connectivity index is 2.50. The van der Waals surface area contributed by atoms with Crippen LogP contribution in [0.5, 0.6) is 0 Å². The molecule has 10 heavy (non-hydrogen) atoms. The molecule has 0 aromatic carbocycles. The highest BCUT2D eigenvalue weighted by atomic mass is 32.2. The van der Waals surface area contributed by atoms with Crippen LogP contribution in [0, 0.1) is 0 Å². The normalized spacial score (nSPS) is 29.6. The van der Waals surface area contributed by atoms with Gasteiger partial charge in [-0.2, -0.15) is 0 Å². The van der Waals surface area contributed by atoms with E-state index in [4.69, 9.17) is 0 Å². The van der Waals surface area contributed by atoms with Gasteiger partial charge in [-0.15, -0.1) is 11.8 Å². The van der Waals surface area contributed by atoms with Gasteiger partial charge in [0.1, 0.15) is 0 Å². The Kier molecular flexibility index (Phi) is 3.57. The lowest BCUT2D eigenvalue weighted by Crippen LogP contribution is -1.89. The van der Waals surface area contributed by atoms with Crippen molar-refractivity contribution in [2.24, 2.45) is 0 Å². The highest BCUT2D eigenvalue weighted by Gasteiger charge is 1.71. The molecule has 1 aliphatic heterocycles. The molecule has 0 saturated heterocycles. The van der Waals surface area contributed by atoms with Crippen LogP contribution < -0.4 is 5.32 Å². The lowest BCUT2D eigenvalue weighted by atomic mass is 10.5. The Morgan fingerprint density at radius 2 is 1.40 bits per heavy atom. The summed E-state index contributed by atoms with van der Waals surface area (Å²) in [6.45, 7) is 0. The number of hydrogen-bond acceptors (Lipinski definition) is 2. The van der Waals surface area contributed by atoms with E-state index >= 15 is 0 Å². The molecular weight excluding hydrogens is 142 g/mol. The summed E-state index contributed by atoms with van der Waals surface area (Å²) in [6, 6.07) is 0. The monoisotopic (exact) mass is 151 g/mol. The molecule has 1 aliphatic rings. The van der Waals surface area contributed by atoms with E-state index in [1.54, 1.807) is 11.8 Å². The van der Waals surface area contributed by atoms with Crippen molar-refractivity contribution in [3.05, 3.63) is 47.5 Å². The maximum absolute atomic E-state index is 2.98. The second-order valence-electron chi connectivity index (χ2n) is 1.68. The molecule has 0 spiro atoms. The molecular formula is C8H9NS. The fourth-order valence-corrected chi connectivity index (χ4v) is 0.958. The predicted molar refractivity (Wildman–Crippen MR) is 47.3 cm³/mol. The van der Waals surface area contributed by atoms with Gasteiger partial charge in [0, 0.05) is 12.4 Å². The quantitative estimate of drug-likeness (QED) is 0.570. The molecule has 1 nitrogen and oxygen atoms in total. The van der Waals surface area contributed by atoms with E-state index in [9.17, 15) is 0 Å². The Morgan fingerprint density at radius 3 is 2.00 bits per heavy atom. The van der Waals surface area contributed by atoms with E-state index in [2.05, 4.69) is 5.32 Å². The molecule has 0 fully saturated rings. The number of hydrogen-bond donors (Lipinski definition) is 1. The fraction of sp³-hybridized carbons (Fsp3) is 0. The molecule has 0 unspecified atom stereocenters. The molecule has 0 aromatic heterocycles. The molecule has 0 radical (unpaired) electrons. The minimum Gasteiger partial charge on any atom is -0.368 e. The van der Waals surface area contributed by atoms with Crippen LogP contribution in [0.1, 0.15) is 0 Å². The van der Waals surface area contributed by atoms with Crippen LogP contribution in [-0.2, 0) is 0 Å². The van der Waals surface area contributed by atoms with E-state index < -0.39 is 0 Å². The first kappa shape index (κ1) is 7.22. The molecule has 0 aromatic rings. The molecule has 1 N–H and O–H groups in total. The van der Waals surface area contributed by atoms with Gasteiger partial charge >= 0.3 is 0 Å². The van der Waals surface area contributed by atoms with Crippen LogP contribution in [0.4, 0.5) is 0 Å². The molecule has 0 atom stereocenters. The van der Waals surface area contributed by atoms with Crippen LogP contribution in [-0.4, -0.2) is 0 Å². The van der Waals surface area contributed by atoms with Crippen LogP contribution in [0.25, 0.3) is 0 Å². The summed E-state index contributed by atoms with van der Waals surface area (Å²) in [7, 11) is 0. The summed E-state index contributed by atoms with van der Waals surface area (Å²) < 4.78 is 0. The summed E-state index contributed by atoms with van der Waals surface area (Å²) in [5.74, 6) is 0. The zero-order valence-corrected chi connectivity index (χ0v) is 6.34. The van der Waals surface area contributed by atoms with Crippen LogP contribution >= 0.6 is 11.8 Å². The van der Waals surface area contributed by atoms with Crippen molar-refractivity contribution in [1.29, 1.82) is 0 Å². The average molecular weight is 151 g/mol. The molecule has 0 saturated carbocycles. The standard InChI is InChI=1S/C8H9NS/c1-3-7-10-8-4-2-6-9-5-1/h1-9H/b5-1-,6-2-,7-3-,8-4-. The topological polar surface area (TPSA) is 12.0 Å². The van der Waals surface area contributed by atoms with Gasteiger partial charge in [0.05, 0.1) is 0 Å². The number of nitrogens with one attached hydrogen (secondary N) is 1. The van der Waals surface area contributed by atoms with Gasteiger partial charge in [-0.3, -0.25) is 0 Å². The Bertz CT molecular complexity index is 147. The Labute approximate surface area is 65.2 Å². The molecule has 0 bridgehead atoms. The van der Waals surface area contributed by atoms with E-state index in [-0.39, 0.29) is 0 Å². The Morgan fingerprint density at radius 1 is 0.800 bits per heavy atom. The second-order valence-corrected chi connectivity index (χ2v) is 2.49. The van der Waals surface area contributed by atoms with E-state index in [1.165, 1.54) is 0 Å². The molecule has 1 heterocycles. The van der Waals surface area contributed by atoms with E-state index in [0.29, 0.717) is 0 Å². The fourth-order valence-electron chi connectivity index (χ4n) is 0.505. The summed E-state index contributed by atoms with van der Waals surface area (Å²) in [6.07, 6.45) is 11.6. The zero-order valence-electron chi connectivity index (χ0n) is 5.53. The van der Waals surface area contributed by atoms with Crippen molar-refractivity contribution in [2.45, 2.75) is 0 Å². The SMILES string of the molecule is C1=C\N/C=C\C=C/S\C=C/1. The van der Waals surface area contributed by atoms with Gasteiger partial charge in [-0.1, -0.05) is 12.2 Å². The van der Waals surface area contributed by atoms with Gasteiger partial charge in [0.15, 0.2) is 0 Å². The summed E-state index contributed by atoms with van der Waals surface area (Å²) in [4.78, 5) is 0. The van der Waals surface area contributed by atoms with Crippen LogP contribution in [0.3, 0.4) is 0 Å². The highest BCUT2D eigenvalue weighted by molar-refractivity contribution is 8.04. The smallest absolute Gasteiger partial charge is 0.000460 e. The predicted octanol–water partition coefficient (Wildman–Crippen LogP) is 2.38. The largest absolute Gasteiger partial charge is 0.368 e. The third-order valence-electron chi connectivity index (χ3n) is 0.921. The van der Waals surface area contributed by atoms with Gasteiger partial charge < -0.3 is 5.32 Å². The first-order valence-corrected chi connectivity index (χ1v) is 3.99. The molecule has 52 valence electrons. The van der Waals surface area contributed by atoms with Crippen molar-refractivity contribution >= 4 is 11.8 Å². The lowest BCUT2D eigenvalue weighted by molar-refractivity contribution is 1.20. The van der Waals surface area contributed by atoms with Crippen molar-refractivity contribution in [2.75, 3.05) is 0 Å². The minimum atomic E-state index is 1.66. The van der Waals surface area contributed by atoms with Gasteiger partial charge in [-0.05, 0) is 23.0 Å². The van der Waals surface area contributed by atoms with Gasteiger partial charge in [0.25, 0.3) is 0 Å².